The Morgan fingerprint density at radius 1 is 1.09 bits per heavy atom. The van der Waals surface area contributed by atoms with E-state index in [9.17, 15) is 29.4 Å². The van der Waals surface area contributed by atoms with Crippen molar-refractivity contribution in [3.8, 4) is 5.75 Å². The summed E-state index contributed by atoms with van der Waals surface area (Å²) in [6.07, 6.45) is 4.45. The number of aromatic hydroxyl groups is 1. The Hall–Kier alpha value is -3.93. The smallest absolute Gasteiger partial charge is 0.326 e. The van der Waals surface area contributed by atoms with E-state index in [1.165, 1.54) is 24.7 Å². The molecular formula is C22H28N6O6. The second kappa shape index (κ2) is 11.8. The first-order chi connectivity index (χ1) is 16.3. The number of H-pyrrole nitrogens is 1. The van der Waals surface area contributed by atoms with Crippen LogP contribution < -0.4 is 21.3 Å². The number of hydrogen-bond acceptors (Lipinski definition) is 7. The van der Waals surface area contributed by atoms with Gasteiger partial charge < -0.3 is 36.5 Å². The molecule has 1 saturated heterocycles. The molecule has 0 aliphatic carbocycles. The fraction of sp³-hybridized carbons (Fsp3) is 0.409. The van der Waals surface area contributed by atoms with Crippen LogP contribution >= 0.6 is 0 Å². The zero-order chi connectivity index (χ0) is 24.5. The quantitative estimate of drug-likeness (QED) is 0.213. The summed E-state index contributed by atoms with van der Waals surface area (Å²) in [6, 6.07) is 3.37. The van der Waals surface area contributed by atoms with E-state index in [2.05, 4.69) is 31.2 Å². The summed E-state index contributed by atoms with van der Waals surface area (Å²) in [5.41, 5.74) is 1.16. The van der Waals surface area contributed by atoms with Crippen LogP contribution in [0.5, 0.6) is 5.75 Å². The molecule has 1 fully saturated rings. The summed E-state index contributed by atoms with van der Waals surface area (Å²) in [5, 5.41) is 29.6. The first-order valence-corrected chi connectivity index (χ1v) is 10.9. The number of carbonyl (C=O) groups is 4. The Morgan fingerprint density at radius 3 is 2.47 bits per heavy atom. The number of aliphatic carboxylic acids is 1. The number of carboxylic acids is 1. The van der Waals surface area contributed by atoms with E-state index in [4.69, 9.17) is 0 Å². The van der Waals surface area contributed by atoms with E-state index >= 15 is 0 Å². The monoisotopic (exact) mass is 472 g/mol. The average Bonchev–Trinajstić information content (AvgIpc) is 3.52. The highest BCUT2D eigenvalue weighted by atomic mass is 16.4. The first-order valence-electron chi connectivity index (χ1n) is 10.9. The van der Waals surface area contributed by atoms with Gasteiger partial charge in [-0.25, -0.2) is 9.78 Å². The lowest BCUT2D eigenvalue weighted by atomic mass is 10.0. The van der Waals surface area contributed by atoms with Gasteiger partial charge in [-0.2, -0.15) is 0 Å². The summed E-state index contributed by atoms with van der Waals surface area (Å²) in [4.78, 5) is 55.9. The van der Waals surface area contributed by atoms with Crippen LogP contribution in [-0.2, 0) is 32.0 Å². The number of benzene rings is 1. The van der Waals surface area contributed by atoms with Gasteiger partial charge in [0.25, 0.3) is 0 Å². The van der Waals surface area contributed by atoms with Gasteiger partial charge in [0.1, 0.15) is 17.8 Å². The Morgan fingerprint density at radius 2 is 1.85 bits per heavy atom. The number of rotatable bonds is 11. The van der Waals surface area contributed by atoms with Crippen LogP contribution in [-0.4, -0.2) is 75.1 Å². The van der Waals surface area contributed by atoms with Crippen LogP contribution in [0.3, 0.4) is 0 Å². The third-order valence-corrected chi connectivity index (χ3v) is 5.42. The molecule has 1 aliphatic rings. The molecular weight excluding hydrogens is 444 g/mol. The molecule has 1 aromatic carbocycles. The van der Waals surface area contributed by atoms with Crippen molar-refractivity contribution in [3.05, 3.63) is 48.0 Å². The molecule has 0 bridgehead atoms. The van der Waals surface area contributed by atoms with Gasteiger partial charge in [-0.3, -0.25) is 14.4 Å². The lowest BCUT2D eigenvalue weighted by Gasteiger charge is -2.22. The summed E-state index contributed by atoms with van der Waals surface area (Å²) in [5.74, 6) is -2.78. The molecule has 2 aromatic rings. The van der Waals surface area contributed by atoms with Crippen molar-refractivity contribution in [1.29, 1.82) is 0 Å². The highest BCUT2D eigenvalue weighted by Crippen LogP contribution is 2.12. The molecule has 12 nitrogen and oxygen atoms in total. The molecule has 3 amide bonds. The van der Waals surface area contributed by atoms with Crippen molar-refractivity contribution in [2.45, 2.75) is 43.8 Å². The van der Waals surface area contributed by atoms with Crippen molar-refractivity contribution in [2.24, 2.45) is 0 Å². The number of nitrogens with zero attached hydrogens (tertiary/aromatic N) is 1. The van der Waals surface area contributed by atoms with Gasteiger partial charge in [0.05, 0.1) is 18.9 Å². The molecule has 182 valence electrons. The van der Waals surface area contributed by atoms with Crippen molar-refractivity contribution in [3.63, 3.8) is 0 Å². The van der Waals surface area contributed by atoms with Crippen molar-refractivity contribution in [1.82, 2.24) is 31.2 Å². The van der Waals surface area contributed by atoms with Crippen molar-refractivity contribution >= 4 is 23.7 Å². The molecule has 3 unspecified atom stereocenters. The van der Waals surface area contributed by atoms with Crippen molar-refractivity contribution in [2.75, 3.05) is 13.1 Å². The molecule has 1 aliphatic heterocycles. The number of imidazole rings is 1. The lowest BCUT2D eigenvalue weighted by molar-refractivity contribution is -0.142. The largest absolute Gasteiger partial charge is 0.508 e. The van der Waals surface area contributed by atoms with Gasteiger partial charge in [0.15, 0.2) is 0 Å². The summed E-state index contributed by atoms with van der Waals surface area (Å²) >= 11 is 0. The first kappa shape index (κ1) is 24.7. The highest BCUT2D eigenvalue weighted by molar-refractivity contribution is 5.92. The van der Waals surface area contributed by atoms with Gasteiger partial charge in [0, 0.05) is 24.7 Å². The third-order valence-electron chi connectivity index (χ3n) is 5.42. The van der Waals surface area contributed by atoms with E-state index < -0.39 is 29.9 Å². The molecule has 0 saturated carbocycles. The average molecular weight is 473 g/mol. The number of aromatic nitrogens is 2. The zero-order valence-electron chi connectivity index (χ0n) is 18.4. The van der Waals surface area contributed by atoms with Crippen LogP contribution in [0, 0.1) is 0 Å². The maximum Gasteiger partial charge on any atom is 0.326 e. The molecule has 3 rings (SSSR count). The SMILES string of the molecule is O=C(CNC(=O)C1CCCN1)NC(Cc1ccc(O)cc1)C(=O)NC(Cc1cnc[nH]1)C(=O)O. The van der Waals surface area contributed by atoms with Crippen LogP contribution in [0.4, 0.5) is 0 Å². The van der Waals surface area contributed by atoms with E-state index in [-0.39, 0.29) is 37.1 Å². The molecule has 1 aromatic heterocycles. The summed E-state index contributed by atoms with van der Waals surface area (Å²) in [7, 11) is 0. The number of carbonyl (C=O) groups excluding carboxylic acids is 3. The number of aromatic amines is 1. The van der Waals surface area contributed by atoms with E-state index in [0.29, 0.717) is 17.7 Å². The Kier molecular flexibility index (Phi) is 8.57. The Labute approximate surface area is 195 Å². The van der Waals surface area contributed by atoms with E-state index in [1.807, 2.05) is 0 Å². The number of nitrogens with one attached hydrogen (secondary N) is 5. The van der Waals surface area contributed by atoms with Crippen LogP contribution in [0.25, 0.3) is 0 Å². The second-order valence-corrected chi connectivity index (χ2v) is 8.04. The molecule has 0 spiro atoms. The van der Waals surface area contributed by atoms with Crippen LogP contribution in [0.2, 0.25) is 0 Å². The Bertz CT molecular complexity index is 988. The maximum absolute atomic E-state index is 13.0. The minimum absolute atomic E-state index is 0.0224. The van der Waals surface area contributed by atoms with Gasteiger partial charge in [-0.1, -0.05) is 12.1 Å². The molecule has 7 N–H and O–H groups in total. The molecule has 3 atom stereocenters. The number of hydrogen-bond donors (Lipinski definition) is 7. The van der Waals surface area contributed by atoms with Gasteiger partial charge in [-0.15, -0.1) is 0 Å². The zero-order valence-corrected chi connectivity index (χ0v) is 18.4. The number of phenolic OH excluding ortho intramolecular Hbond substituents is 1. The topological polar surface area (TPSA) is 186 Å². The van der Waals surface area contributed by atoms with E-state index in [1.54, 1.807) is 12.1 Å². The Balaban J connectivity index is 1.65. The highest BCUT2D eigenvalue weighted by Gasteiger charge is 2.28. The molecule has 2 heterocycles. The number of carboxylic acid groups (broad SMARTS) is 1. The molecule has 0 radical (unpaired) electrons. The van der Waals surface area contributed by atoms with Gasteiger partial charge in [-0.05, 0) is 37.1 Å². The maximum atomic E-state index is 13.0. The number of amides is 3. The predicted octanol–water partition coefficient (Wildman–Crippen LogP) is -1.18. The normalized spacial score (nSPS) is 16.9. The molecule has 12 heteroatoms. The second-order valence-electron chi connectivity index (χ2n) is 8.04. The van der Waals surface area contributed by atoms with E-state index in [0.717, 1.165) is 13.0 Å². The van der Waals surface area contributed by atoms with Crippen molar-refractivity contribution < 1.29 is 29.4 Å². The summed E-state index contributed by atoms with van der Waals surface area (Å²) in [6.45, 7) is 0.412. The van der Waals surface area contributed by atoms with Gasteiger partial charge in [0.2, 0.25) is 17.7 Å². The third kappa shape index (κ3) is 7.30. The lowest BCUT2D eigenvalue weighted by Crippen LogP contribution is -2.54. The minimum Gasteiger partial charge on any atom is -0.508 e. The van der Waals surface area contributed by atoms with Crippen LogP contribution in [0.15, 0.2) is 36.8 Å². The standard InChI is InChI=1S/C22H28N6O6/c29-15-5-3-13(4-6-15)8-17(27-19(30)11-25-20(31)16-2-1-7-24-16)21(32)28-18(22(33)34)9-14-10-23-12-26-14/h3-6,10,12,16-18,24,29H,1-2,7-9,11H2,(H,23,26)(H,25,31)(H,27,30)(H,28,32)(H,33,34). The molecule has 34 heavy (non-hydrogen) atoms. The summed E-state index contributed by atoms with van der Waals surface area (Å²) < 4.78 is 0. The van der Waals surface area contributed by atoms with Crippen LogP contribution in [0.1, 0.15) is 24.1 Å². The van der Waals surface area contributed by atoms with Gasteiger partial charge >= 0.3 is 5.97 Å². The fourth-order valence-electron chi connectivity index (χ4n) is 3.61. The minimum atomic E-state index is -1.25. The predicted molar refractivity (Wildman–Crippen MR) is 120 cm³/mol. The number of phenols is 1. The fourth-order valence-corrected chi connectivity index (χ4v) is 3.61.